The number of nitrogens with zero attached hydrogens (tertiary/aromatic N) is 3. The number of benzene rings is 1. The predicted octanol–water partition coefficient (Wildman–Crippen LogP) is 3.96. The van der Waals surface area contributed by atoms with Crippen molar-refractivity contribution in [3.63, 3.8) is 0 Å². The van der Waals surface area contributed by atoms with Gasteiger partial charge < -0.3 is 9.64 Å². The van der Waals surface area contributed by atoms with Crippen molar-refractivity contribution in [3.8, 4) is 11.8 Å². The standard InChI is InChI=1S/C17H17N3O2S2/c1-10(4-6-18)20(3)15(21)9-22-13-8-14-16(19-11(2)24-14)17-12(13)5-7-23-17/h5,7-8,10H,4,9H2,1-3H3. The third-order valence-electron chi connectivity index (χ3n) is 3.96. The number of nitriles is 1. The molecule has 2 aromatic heterocycles. The van der Waals surface area contributed by atoms with E-state index in [1.165, 1.54) is 0 Å². The molecule has 0 aliphatic carbocycles. The normalized spacial score (nSPS) is 12.2. The maximum absolute atomic E-state index is 12.3. The lowest BCUT2D eigenvalue weighted by Gasteiger charge is -2.23. The SMILES string of the molecule is Cc1nc2c(cc(OCC(=O)N(C)C(C)CC#N)c3ccsc32)s1. The number of aromatic nitrogens is 1. The number of rotatable bonds is 5. The monoisotopic (exact) mass is 359 g/mol. The van der Waals surface area contributed by atoms with Crippen LogP contribution in [-0.4, -0.2) is 35.5 Å². The fourth-order valence-electron chi connectivity index (χ4n) is 2.46. The molecule has 0 bridgehead atoms. The molecule has 0 spiro atoms. The van der Waals surface area contributed by atoms with Gasteiger partial charge in [-0.3, -0.25) is 4.79 Å². The van der Waals surface area contributed by atoms with E-state index < -0.39 is 0 Å². The molecule has 24 heavy (non-hydrogen) atoms. The molecule has 3 aromatic rings. The van der Waals surface area contributed by atoms with Crippen LogP contribution in [0.3, 0.4) is 0 Å². The second-order valence-corrected chi connectivity index (χ2v) is 7.77. The zero-order valence-electron chi connectivity index (χ0n) is 13.7. The Bertz CT molecular complexity index is 939. The molecular weight excluding hydrogens is 342 g/mol. The number of aryl methyl sites for hydroxylation is 1. The maximum atomic E-state index is 12.3. The van der Waals surface area contributed by atoms with Crippen LogP contribution in [0.2, 0.25) is 0 Å². The minimum Gasteiger partial charge on any atom is -0.483 e. The Morgan fingerprint density at radius 1 is 1.54 bits per heavy atom. The number of amides is 1. The van der Waals surface area contributed by atoms with E-state index in [1.807, 2.05) is 31.4 Å². The van der Waals surface area contributed by atoms with Gasteiger partial charge in [-0.15, -0.1) is 22.7 Å². The molecule has 0 N–H and O–H groups in total. The smallest absolute Gasteiger partial charge is 0.260 e. The number of hydrogen-bond acceptors (Lipinski definition) is 6. The van der Waals surface area contributed by atoms with Gasteiger partial charge >= 0.3 is 0 Å². The predicted molar refractivity (Wildman–Crippen MR) is 97.7 cm³/mol. The van der Waals surface area contributed by atoms with Crippen LogP contribution in [0.25, 0.3) is 20.3 Å². The molecule has 124 valence electrons. The first-order chi connectivity index (χ1) is 11.5. The highest BCUT2D eigenvalue weighted by Gasteiger charge is 2.18. The third-order valence-corrected chi connectivity index (χ3v) is 5.80. The van der Waals surface area contributed by atoms with Gasteiger partial charge in [-0.2, -0.15) is 5.26 Å². The molecule has 1 amide bonds. The van der Waals surface area contributed by atoms with Crippen molar-refractivity contribution >= 4 is 48.9 Å². The number of hydrogen-bond donors (Lipinski definition) is 0. The lowest BCUT2D eigenvalue weighted by molar-refractivity contribution is -0.133. The Morgan fingerprint density at radius 2 is 2.33 bits per heavy atom. The number of carbonyl (C=O) groups excluding carboxylic acids is 1. The van der Waals surface area contributed by atoms with Crippen LogP contribution >= 0.6 is 22.7 Å². The first kappa shape index (κ1) is 16.7. The van der Waals surface area contributed by atoms with E-state index in [-0.39, 0.29) is 18.6 Å². The molecule has 0 aliphatic heterocycles. The van der Waals surface area contributed by atoms with Crippen molar-refractivity contribution in [2.24, 2.45) is 0 Å². The maximum Gasteiger partial charge on any atom is 0.260 e. The molecule has 5 nitrogen and oxygen atoms in total. The van der Waals surface area contributed by atoms with Crippen molar-refractivity contribution in [1.29, 1.82) is 5.26 Å². The van der Waals surface area contributed by atoms with Crippen LogP contribution < -0.4 is 4.74 Å². The summed E-state index contributed by atoms with van der Waals surface area (Å²) in [6.07, 6.45) is 0.309. The zero-order valence-corrected chi connectivity index (χ0v) is 15.3. The van der Waals surface area contributed by atoms with Crippen LogP contribution in [0.15, 0.2) is 17.5 Å². The number of carbonyl (C=O) groups is 1. The van der Waals surface area contributed by atoms with Gasteiger partial charge in [0.15, 0.2) is 6.61 Å². The van der Waals surface area contributed by atoms with Gasteiger partial charge in [-0.25, -0.2) is 4.98 Å². The Labute approximate surface area is 148 Å². The third kappa shape index (κ3) is 3.07. The van der Waals surface area contributed by atoms with Gasteiger partial charge in [-0.1, -0.05) is 0 Å². The average Bonchev–Trinajstić information content (AvgIpc) is 3.17. The van der Waals surface area contributed by atoms with Gasteiger partial charge in [0.1, 0.15) is 5.75 Å². The summed E-state index contributed by atoms with van der Waals surface area (Å²) < 4.78 is 7.97. The molecule has 1 unspecified atom stereocenters. The summed E-state index contributed by atoms with van der Waals surface area (Å²) in [7, 11) is 1.70. The Balaban J connectivity index is 1.83. The number of thiazole rings is 1. The first-order valence-electron chi connectivity index (χ1n) is 7.54. The Hall–Kier alpha value is -2.17. The fourth-order valence-corrected chi connectivity index (χ4v) is 4.30. The Kier molecular flexibility index (Phi) is 4.69. The number of ether oxygens (including phenoxy) is 1. The molecule has 7 heteroatoms. The number of fused-ring (bicyclic) bond motifs is 3. The summed E-state index contributed by atoms with van der Waals surface area (Å²) in [5.74, 6) is 0.568. The van der Waals surface area contributed by atoms with E-state index in [1.54, 1.807) is 34.6 Å². The highest BCUT2D eigenvalue weighted by Crippen LogP contribution is 2.38. The summed E-state index contributed by atoms with van der Waals surface area (Å²) in [6.45, 7) is 3.80. The van der Waals surface area contributed by atoms with E-state index in [2.05, 4.69) is 11.1 Å². The molecule has 2 heterocycles. The van der Waals surface area contributed by atoms with Crippen molar-refractivity contribution in [3.05, 3.63) is 22.5 Å². The summed E-state index contributed by atoms with van der Waals surface area (Å²) in [6, 6.07) is 5.91. The summed E-state index contributed by atoms with van der Waals surface area (Å²) >= 11 is 3.25. The van der Waals surface area contributed by atoms with Crippen LogP contribution in [0.4, 0.5) is 0 Å². The second kappa shape index (κ2) is 6.75. The highest BCUT2D eigenvalue weighted by molar-refractivity contribution is 7.21. The first-order valence-corrected chi connectivity index (χ1v) is 9.23. The topological polar surface area (TPSA) is 66.2 Å². The zero-order chi connectivity index (χ0) is 17.3. The second-order valence-electron chi connectivity index (χ2n) is 5.62. The summed E-state index contributed by atoms with van der Waals surface area (Å²) in [5.41, 5.74) is 1.00. The van der Waals surface area contributed by atoms with Gasteiger partial charge in [0, 0.05) is 24.5 Å². The minimum atomic E-state index is -0.137. The highest BCUT2D eigenvalue weighted by atomic mass is 32.1. The van der Waals surface area contributed by atoms with Gasteiger partial charge in [-0.05, 0) is 25.3 Å². The molecular formula is C17H17N3O2S2. The molecule has 0 fully saturated rings. The lowest BCUT2D eigenvalue weighted by Crippen LogP contribution is -2.38. The molecule has 3 rings (SSSR count). The molecule has 0 saturated heterocycles. The van der Waals surface area contributed by atoms with Crippen molar-refractivity contribution < 1.29 is 9.53 Å². The molecule has 1 aromatic carbocycles. The van der Waals surface area contributed by atoms with Crippen LogP contribution in [0.5, 0.6) is 5.75 Å². The molecule has 1 atom stereocenters. The minimum absolute atomic E-state index is 0.0412. The molecule has 0 radical (unpaired) electrons. The number of thiophene rings is 1. The quantitative estimate of drug-likeness (QED) is 0.691. The van der Waals surface area contributed by atoms with E-state index in [9.17, 15) is 4.79 Å². The lowest BCUT2D eigenvalue weighted by atomic mass is 10.2. The number of likely N-dealkylation sites (N-methyl/N-ethyl adjacent to an activating group) is 1. The van der Waals surface area contributed by atoms with Gasteiger partial charge in [0.25, 0.3) is 5.91 Å². The summed E-state index contributed by atoms with van der Waals surface area (Å²) in [4.78, 5) is 18.4. The Morgan fingerprint density at radius 3 is 3.08 bits per heavy atom. The van der Waals surface area contributed by atoms with Crippen molar-refractivity contribution in [2.45, 2.75) is 26.3 Å². The average molecular weight is 359 g/mol. The van der Waals surface area contributed by atoms with E-state index in [4.69, 9.17) is 10.00 Å². The van der Waals surface area contributed by atoms with E-state index in [0.29, 0.717) is 12.2 Å². The molecule has 0 aliphatic rings. The largest absolute Gasteiger partial charge is 0.483 e. The van der Waals surface area contributed by atoms with Crippen LogP contribution in [0.1, 0.15) is 18.4 Å². The van der Waals surface area contributed by atoms with Gasteiger partial charge in [0.05, 0.1) is 32.4 Å². The van der Waals surface area contributed by atoms with Crippen LogP contribution in [-0.2, 0) is 4.79 Å². The van der Waals surface area contributed by atoms with Gasteiger partial charge in [0.2, 0.25) is 0 Å². The van der Waals surface area contributed by atoms with Crippen molar-refractivity contribution in [2.75, 3.05) is 13.7 Å². The fraction of sp³-hybridized carbons (Fsp3) is 0.353. The van der Waals surface area contributed by atoms with Crippen molar-refractivity contribution in [1.82, 2.24) is 9.88 Å². The van der Waals surface area contributed by atoms with E-state index in [0.717, 1.165) is 25.3 Å². The van der Waals surface area contributed by atoms with Crippen LogP contribution in [0, 0.1) is 18.3 Å². The van der Waals surface area contributed by atoms with E-state index >= 15 is 0 Å². The summed E-state index contributed by atoms with van der Waals surface area (Å²) in [5, 5.41) is 12.8. The molecule has 0 saturated carbocycles.